The number of hydrogen-bond donors (Lipinski definition) is 1. The summed E-state index contributed by atoms with van der Waals surface area (Å²) < 4.78 is 6.28. The van der Waals surface area contributed by atoms with Gasteiger partial charge in [-0.2, -0.15) is 9.61 Å². The van der Waals surface area contributed by atoms with E-state index in [0.29, 0.717) is 16.3 Å². The SMILES string of the molecule is COc1ccc(C(=O)Nc2cnc3sc(C(C)C)nn3c2=O)cc1. The molecule has 124 valence electrons. The van der Waals surface area contributed by atoms with Crippen molar-refractivity contribution < 1.29 is 9.53 Å². The Morgan fingerprint density at radius 3 is 2.62 bits per heavy atom. The Balaban J connectivity index is 1.90. The van der Waals surface area contributed by atoms with Crippen molar-refractivity contribution >= 4 is 27.9 Å². The van der Waals surface area contributed by atoms with Gasteiger partial charge in [-0.15, -0.1) is 0 Å². The van der Waals surface area contributed by atoms with Crippen LogP contribution in [0, 0.1) is 0 Å². The number of aromatic nitrogens is 3. The van der Waals surface area contributed by atoms with E-state index in [1.807, 2.05) is 13.8 Å². The number of nitrogens with zero attached hydrogens (tertiary/aromatic N) is 3. The molecule has 1 amide bonds. The molecule has 1 N–H and O–H groups in total. The number of nitrogens with one attached hydrogen (secondary N) is 1. The van der Waals surface area contributed by atoms with Crippen LogP contribution in [0.25, 0.3) is 4.96 Å². The second-order valence-electron chi connectivity index (χ2n) is 5.45. The smallest absolute Gasteiger partial charge is 0.298 e. The van der Waals surface area contributed by atoms with Crippen molar-refractivity contribution in [2.24, 2.45) is 0 Å². The first-order valence-corrected chi connectivity index (χ1v) is 8.15. The lowest BCUT2D eigenvalue weighted by Gasteiger charge is -2.05. The third-order valence-electron chi connectivity index (χ3n) is 3.40. The Kier molecular flexibility index (Phi) is 4.30. The predicted molar refractivity (Wildman–Crippen MR) is 92.2 cm³/mol. The van der Waals surface area contributed by atoms with Crippen molar-refractivity contribution in [3.8, 4) is 5.75 Å². The van der Waals surface area contributed by atoms with E-state index in [-0.39, 0.29) is 11.6 Å². The van der Waals surface area contributed by atoms with E-state index in [0.717, 1.165) is 5.01 Å². The number of benzene rings is 1. The first-order chi connectivity index (χ1) is 11.5. The third-order valence-corrected chi connectivity index (χ3v) is 4.62. The fourth-order valence-corrected chi connectivity index (χ4v) is 2.92. The summed E-state index contributed by atoms with van der Waals surface area (Å²) in [6.45, 7) is 3.99. The molecule has 2 heterocycles. The second kappa shape index (κ2) is 6.40. The normalized spacial score (nSPS) is 11.0. The maximum absolute atomic E-state index is 12.5. The molecule has 0 saturated carbocycles. The van der Waals surface area contributed by atoms with Gasteiger partial charge in [0.05, 0.1) is 13.3 Å². The van der Waals surface area contributed by atoms with Crippen LogP contribution < -0.4 is 15.6 Å². The van der Waals surface area contributed by atoms with Crippen LogP contribution in [0.1, 0.15) is 35.1 Å². The zero-order valence-electron chi connectivity index (χ0n) is 13.4. The monoisotopic (exact) mass is 344 g/mol. The Morgan fingerprint density at radius 1 is 1.29 bits per heavy atom. The molecule has 1 aromatic carbocycles. The molecule has 8 heteroatoms. The molecule has 0 fully saturated rings. The lowest BCUT2D eigenvalue weighted by Crippen LogP contribution is -2.23. The fraction of sp³-hybridized carbons (Fsp3) is 0.250. The predicted octanol–water partition coefficient (Wildman–Crippen LogP) is 2.54. The van der Waals surface area contributed by atoms with Gasteiger partial charge in [-0.25, -0.2) is 4.98 Å². The number of rotatable bonds is 4. The van der Waals surface area contributed by atoms with Crippen molar-refractivity contribution in [2.45, 2.75) is 19.8 Å². The Morgan fingerprint density at radius 2 is 2.00 bits per heavy atom. The number of anilines is 1. The van der Waals surface area contributed by atoms with Gasteiger partial charge < -0.3 is 10.1 Å². The topological polar surface area (TPSA) is 85.6 Å². The van der Waals surface area contributed by atoms with Crippen LogP contribution in [-0.4, -0.2) is 27.6 Å². The fourth-order valence-electron chi connectivity index (χ4n) is 2.06. The number of carbonyl (C=O) groups excluding carboxylic acids is 1. The maximum Gasteiger partial charge on any atom is 0.298 e. The molecule has 0 radical (unpaired) electrons. The van der Waals surface area contributed by atoms with Gasteiger partial charge in [0.15, 0.2) is 0 Å². The Labute approximate surface area is 141 Å². The van der Waals surface area contributed by atoms with E-state index >= 15 is 0 Å². The molecule has 2 aromatic heterocycles. The van der Waals surface area contributed by atoms with Gasteiger partial charge in [0.1, 0.15) is 16.4 Å². The van der Waals surface area contributed by atoms with Crippen molar-refractivity contribution in [3.05, 3.63) is 51.4 Å². The Bertz CT molecular complexity index is 944. The van der Waals surface area contributed by atoms with Gasteiger partial charge in [0.2, 0.25) is 4.96 Å². The number of hydrogen-bond acceptors (Lipinski definition) is 6. The number of carbonyl (C=O) groups is 1. The molecule has 0 saturated heterocycles. The summed E-state index contributed by atoms with van der Waals surface area (Å²) >= 11 is 1.36. The standard InChI is InChI=1S/C16H16N4O3S/c1-9(2)14-19-20-15(22)12(8-17-16(20)24-14)18-13(21)10-4-6-11(23-3)7-5-10/h4-9H,1-3H3,(H,18,21). The molecule has 0 unspecified atom stereocenters. The first kappa shape index (κ1) is 16.1. The van der Waals surface area contributed by atoms with Crippen molar-refractivity contribution in [1.29, 1.82) is 0 Å². The average Bonchev–Trinajstić information content (AvgIpc) is 3.03. The van der Waals surface area contributed by atoms with Gasteiger partial charge in [0.25, 0.3) is 11.5 Å². The van der Waals surface area contributed by atoms with Crippen molar-refractivity contribution in [1.82, 2.24) is 14.6 Å². The van der Waals surface area contributed by atoms with Gasteiger partial charge in [0, 0.05) is 11.5 Å². The van der Waals surface area contributed by atoms with Crippen LogP contribution in [0.5, 0.6) is 5.75 Å². The molecule has 24 heavy (non-hydrogen) atoms. The zero-order valence-corrected chi connectivity index (χ0v) is 14.3. The highest BCUT2D eigenvalue weighted by molar-refractivity contribution is 7.16. The van der Waals surface area contributed by atoms with Crippen LogP contribution in [0.2, 0.25) is 0 Å². The van der Waals surface area contributed by atoms with Gasteiger partial charge in [-0.1, -0.05) is 25.2 Å². The number of fused-ring (bicyclic) bond motifs is 1. The quantitative estimate of drug-likeness (QED) is 0.786. The highest BCUT2D eigenvalue weighted by atomic mass is 32.1. The molecule has 0 bridgehead atoms. The first-order valence-electron chi connectivity index (χ1n) is 7.33. The van der Waals surface area contributed by atoms with E-state index in [2.05, 4.69) is 15.4 Å². The number of ether oxygens (including phenoxy) is 1. The highest BCUT2D eigenvalue weighted by Crippen LogP contribution is 2.20. The number of amides is 1. The molecule has 0 aliphatic heterocycles. The lowest BCUT2D eigenvalue weighted by molar-refractivity contribution is 0.102. The minimum absolute atomic E-state index is 0.0916. The molecule has 3 aromatic rings. The molecule has 0 atom stereocenters. The summed E-state index contributed by atoms with van der Waals surface area (Å²) in [6, 6.07) is 6.60. The summed E-state index contributed by atoms with van der Waals surface area (Å²) in [6.07, 6.45) is 1.36. The van der Waals surface area contributed by atoms with Crippen LogP contribution in [-0.2, 0) is 0 Å². The lowest BCUT2D eigenvalue weighted by atomic mass is 10.2. The number of methoxy groups -OCH3 is 1. The largest absolute Gasteiger partial charge is 0.497 e. The maximum atomic E-state index is 12.5. The van der Waals surface area contributed by atoms with Gasteiger partial charge in [-0.3, -0.25) is 9.59 Å². The van der Waals surface area contributed by atoms with Crippen LogP contribution >= 0.6 is 11.3 Å². The molecular formula is C16H16N4O3S. The minimum Gasteiger partial charge on any atom is -0.497 e. The average molecular weight is 344 g/mol. The van der Waals surface area contributed by atoms with Crippen molar-refractivity contribution in [2.75, 3.05) is 12.4 Å². The van der Waals surface area contributed by atoms with E-state index in [9.17, 15) is 9.59 Å². The van der Waals surface area contributed by atoms with E-state index in [1.165, 1.54) is 22.0 Å². The minimum atomic E-state index is -0.398. The van der Waals surface area contributed by atoms with Crippen LogP contribution in [0.15, 0.2) is 35.3 Å². The zero-order chi connectivity index (χ0) is 17.3. The summed E-state index contributed by atoms with van der Waals surface area (Å²) in [5.41, 5.74) is 0.111. The van der Waals surface area contributed by atoms with Gasteiger partial charge in [-0.05, 0) is 24.3 Å². The molecule has 7 nitrogen and oxygen atoms in total. The Hall–Kier alpha value is -2.74. The van der Waals surface area contributed by atoms with Crippen LogP contribution in [0.3, 0.4) is 0 Å². The van der Waals surface area contributed by atoms with Gasteiger partial charge >= 0.3 is 0 Å². The summed E-state index contributed by atoms with van der Waals surface area (Å²) in [4.78, 5) is 29.4. The molecule has 0 spiro atoms. The second-order valence-corrected chi connectivity index (χ2v) is 6.44. The third kappa shape index (κ3) is 3.00. The molecule has 0 aliphatic carbocycles. The van der Waals surface area contributed by atoms with E-state index in [1.54, 1.807) is 31.4 Å². The van der Waals surface area contributed by atoms with Crippen molar-refractivity contribution in [3.63, 3.8) is 0 Å². The molecular weight excluding hydrogens is 328 g/mol. The summed E-state index contributed by atoms with van der Waals surface area (Å²) in [7, 11) is 1.55. The molecule has 0 aliphatic rings. The van der Waals surface area contributed by atoms with Crippen LogP contribution in [0.4, 0.5) is 5.69 Å². The highest BCUT2D eigenvalue weighted by Gasteiger charge is 2.14. The summed E-state index contributed by atoms with van der Waals surface area (Å²) in [5, 5.41) is 7.67. The molecule has 3 rings (SSSR count). The van der Waals surface area contributed by atoms with E-state index in [4.69, 9.17) is 4.74 Å². The van der Waals surface area contributed by atoms with E-state index < -0.39 is 11.5 Å². The summed E-state index contributed by atoms with van der Waals surface area (Å²) in [5.74, 6) is 0.461.